The number of sulfonamides is 1. The second kappa shape index (κ2) is 6.62. The van der Waals surface area contributed by atoms with Gasteiger partial charge < -0.3 is 10.5 Å². The topological polar surface area (TPSA) is 81.4 Å². The highest BCUT2D eigenvalue weighted by Crippen LogP contribution is 2.28. The van der Waals surface area contributed by atoms with E-state index in [1.807, 2.05) is 0 Å². The van der Waals surface area contributed by atoms with Crippen LogP contribution in [0.2, 0.25) is 0 Å². The lowest BCUT2D eigenvalue weighted by Gasteiger charge is -2.09. The summed E-state index contributed by atoms with van der Waals surface area (Å²) in [4.78, 5) is -0.373. The van der Waals surface area contributed by atoms with Gasteiger partial charge >= 0.3 is 0 Å². The van der Waals surface area contributed by atoms with Gasteiger partial charge in [0, 0.05) is 19.7 Å². The number of halogens is 1. The molecule has 1 saturated carbocycles. The van der Waals surface area contributed by atoms with E-state index in [-0.39, 0.29) is 24.6 Å². The third-order valence-electron chi connectivity index (χ3n) is 3.11. The lowest BCUT2D eigenvalue weighted by Crippen LogP contribution is -2.28. The second-order valence-corrected chi connectivity index (χ2v) is 6.62. The number of rotatable bonds is 8. The van der Waals surface area contributed by atoms with E-state index in [9.17, 15) is 12.8 Å². The SMILES string of the molecule is NCc1ccc(F)c(S(=O)(=O)NCCOCC2CC2)c1. The van der Waals surface area contributed by atoms with Gasteiger partial charge in [-0.05, 0) is 36.5 Å². The van der Waals surface area contributed by atoms with Crippen LogP contribution in [0, 0.1) is 11.7 Å². The van der Waals surface area contributed by atoms with Gasteiger partial charge in [-0.2, -0.15) is 0 Å². The van der Waals surface area contributed by atoms with E-state index in [0.717, 1.165) is 6.07 Å². The largest absolute Gasteiger partial charge is 0.380 e. The van der Waals surface area contributed by atoms with Gasteiger partial charge in [0.2, 0.25) is 10.0 Å². The molecule has 0 unspecified atom stereocenters. The first kappa shape index (κ1) is 15.4. The zero-order chi connectivity index (χ0) is 14.6. The van der Waals surface area contributed by atoms with Crippen LogP contribution in [0.15, 0.2) is 23.1 Å². The van der Waals surface area contributed by atoms with Crippen molar-refractivity contribution in [1.29, 1.82) is 0 Å². The molecule has 1 aromatic rings. The minimum absolute atomic E-state index is 0.126. The van der Waals surface area contributed by atoms with E-state index in [2.05, 4.69) is 4.72 Å². The predicted molar refractivity (Wildman–Crippen MR) is 73.0 cm³/mol. The zero-order valence-corrected chi connectivity index (χ0v) is 12.0. The quantitative estimate of drug-likeness (QED) is 0.702. The lowest BCUT2D eigenvalue weighted by molar-refractivity contribution is 0.129. The van der Waals surface area contributed by atoms with E-state index in [0.29, 0.717) is 18.1 Å². The van der Waals surface area contributed by atoms with Crippen molar-refractivity contribution in [3.05, 3.63) is 29.6 Å². The maximum absolute atomic E-state index is 13.6. The Kier molecular flexibility index (Phi) is 5.09. The molecular weight excluding hydrogens is 283 g/mol. The van der Waals surface area contributed by atoms with Crippen LogP contribution in [-0.2, 0) is 21.3 Å². The van der Waals surface area contributed by atoms with Crippen molar-refractivity contribution in [3.63, 3.8) is 0 Å². The Bertz CT molecular complexity index is 559. The molecule has 112 valence electrons. The molecule has 20 heavy (non-hydrogen) atoms. The minimum Gasteiger partial charge on any atom is -0.380 e. The first-order chi connectivity index (χ1) is 9.53. The Labute approximate surface area is 118 Å². The summed E-state index contributed by atoms with van der Waals surface area (Å²) in [6.45, 7) is 1.24. The smallest absolute Gasteiger partial charge is 0.243 e. The van der Waals surface area contributed by atoms with Crippen LogP contribution in [0.1, 0.15) is 18.4 Å². The fourth-order valence-corrected chi connectivity index (χ4v) is 2.88. The van der Waals surface area contributed by atoms with Crippen molar-refractivity contribution >= 4 is 10.0 Å². The molecule has 2 rings (SSSR count). The fraction of sp³-hybridized carbons (Fsp3) is 0.538. The van der Waals surface area contributed by atoms with Gasteiger partial charge in [-0.25, -0.2) is 17.5 Å². The van der Waals surface area contributed by atoms with Crippen molar-refractivity contribution in [2.75, 3.05) is 19.8 Å². The molecule has 0 bridgehead atoms. The van der Waals surface area contributed by atoms with E-state index in [4.69, 9.17) is 10.5 Å². The molecule has 7 heteroatoms. The molecular formula is C13H19FN2O3S. The number of nitrogens with one attached hydrogen (secondary N) is 1. The third-order valence-corrected chi connectivity index (χ3v) is 4.59. The Hall–Kier alpha value is -1.02. The molecule has 0 saturated heterocycles. The van der Waals surface area contributed by atoms with Crippen LogP contribution in [-0.4, -0.2) is 28.2 Å². The summed E-state index contributed by atoms with van der Waals surface area (Å²) in [5.41, 5.74) is 5.99. The molecule has 1 aliphatic carbocycles. The molecule has 1 aromatic carbocycles. The highest BCUT2D eigenvalue weighted by atomic mass is 32.2. The summed E-state index contributed by atoms with van der Waals surface area (Å²) >= 11 is 0. The third kappa shape index (κ3) is 4.24. The van der Waals surface area contributed by atoms with E-state index in [1.165, 1.54) is 25.0 Å². The molecule has 5 nitrogen and oxygen atoms in total. The van der Waals surface area contributed by atoms with Gasteiger partial charge in [-0.1, -0.05) is 6.07 Å². The van der Waals surface area contributed by atoms with Gasteiger partial charge in [0.05, 0.1) is 6.61 Å². The van der Waals surface area contributed by atoms with E-state index < -0.39 is 15.8 Å². The van der Waals surface area contributed by atoms with Gasteiger partial charge in [-0.3, -0.25) is 0 Å². The molecule has 0 aliphatic heterocycles. The van der Waals surface area contributed by atoms with Crippen molar-refractivity contribution in [3.8, 4) is 0 Å². The van der Waals surface area contributed by atoms with Crippen LogP contribution in [0.5, 0.6) is 0 Å². The average molecular weight is 302 g/mol. The van der Waals surface area contributed by atoms with Crippen LogP contribution in [0.25, 0.3) is 0 Å². The van der Waals surface area contributed by atoms with Crippen LogP contribution in [0.3, 0.4) is 0 Å². The van der Waals surface area contributed by atoms with Crippen molar-refractivity contribution in [1.82, 2.24) is 4.72 Å². The van der Waals surface area contributed by atoms with Crippen LogP contribution >= 0.6 is 0 Å². The molecule has 3 N–H and O–H groups in total. The first-order valence-electron chi connectivity index (χ1n) is 6.59. The highest BCUT2D eigenvalue weighted by molar-refractivity contribution is 7.89. The Balaban J connectivity index is 1.91. The van der Waals surface area contributed by atoms with E-state index >= 15 is 0 Å². The summed E-state index contributed by atoms with van der Waals surface area (Å²) in [6, 6.07) is 3.83. The molecule has 0 radical (unpaired) electrons. The summed E-state index contributed by atoms with van der Waals surface area (Å²) in [7, 11) is -3.87. The Morgan fingerprint density at radius 2 is 2.15 bits per heavy atom. The molecule has 0 atom stereocenters. The lowest BCUT2D eigenvalue weighted by atomic mass is 10.2. The number of ether oxygens (including phenoxy) is 1. The molecule has 0 spiro atoms. The Morgan fingerprint density at radius 1 is 1.40 bits per heavy atom. The van der Waals surface area contributed by atoms with Gasteiger partial charge in [0.25, 0.3) is 0 Å². The summed E-state index contributed by atoms with van der Waals surface area (Å²) in [5, 5.41) is 0. The number of hydrogen-bond donors (Lipinski definition) is 2. The molecule has 1 aliphatic rings. The van der Waals surface area contributed by atoms with Crippen LogP contribution < -0.4 is 10.5 Å². The first-order valence-corrected chi connectivity index (χ1v) is 8.07. The van der Waals surface area contributed by atoms with Gasteiger partial charge in [-0.15, -0.1) is 0 Å². The highest BCUT2D eigenvalue weighted by Gasteiger charge is 2.22. The summed E-state index contributed by atoms with van der Waals surface area (Å²) in [6.07, 6.45) is 2.37. The summed E-state index contributed by atoms with van der Waals surface area (Å²) in [5.74, 6) is -0.154. The average Bonchev–Trinajstić information content (AvgIpc) is 3.23. The number of benzene rings is 1. The van der Waals surface area contributed by atoms with Crippen molar-refractivity contribution in [2.45, 2.75) is 24.3 Å². The van der Waals surface area contributed by atoms with Crippen molar-refractivity contribution < 1.29 is 17.5 Å². The monoisotopic (exact) mass is 302 g/mol. The number of hydrogen-bond acceptors (Lipinski definition) is 4. The summed E-state index contributed by atoms with van der Waals surface area (Å²) < 4.78 is 45.2. The fourth-order valence-electron chi connectivity index (χ4n) is 1.74. The predicted octanol–water partition coefficient (Wildman–Crippen LogP) is 0.989. The second-order valence-electron chi connectivity index (χ2n) is 4.88. The standard InChI is InChI=1S/C13H19FN2O3S/c14-12-4-3-11(8-15)7-13(12)20(17,18)16-5-6-19-9-10-1-2-10/h3-4,7,10,16H,1-2,5-6,8-9,15H2. The van der Waals surface area contributed by atoms with Gasteiger partial charge in [0.15, 0.2) is 0 Å². The molecule has 0 amide bonds. The number of nitrogens with two attached hydrogens (primary N) is 1. The maximum Gasteiger partial charge on any atom is 0.243 e. The van der Waals surface area contributed by atoms with Crippen molar-refractivity contribution in [2.24, 2.45) is 11.7 Å². The Morgan fingerprint density at radius 3 is 2.80 bits per heavy atom. The maximum atomic E-state index is 13.6. The zero-order valence-electron chi connectivity index (χ0n) is 11.1. The van der Waals surface area contributed by atoms with E-state index in [1.54, 1.807) is 0 Å². The minimum atomic E-state index is -3.87. The molecule has 0 aromatic heterocycles. The van der Waals surface area contributed by atoms with Gasteiger partial charge in [0.1, 0.15) is 10.7 Å². The molecule has 0 heterocycles. The van der Waals surface area contributed by atoms with Crippen LogP contribution in [0.4, 0.5) is 4.39 Å². The molecule has 1 fully saturated rings. The normalized spacial score (nSPS) is 15.5.